The van der Waals surface area contributed by atoms with E-state index in [1.807, 2.05) is 0 Å². The van der Waals surface area contributed by atoms with Crippen LogP contribution in [0.15, 0.2) is 47.4 Å². The van der Waals surface area contributed by atoms with Crippen LogP contribution in [0.1, 0.15) is 19.3 Å². The SMILES string of the molecule is COc1ccc(NC(=O)CSCC(=O)Nc2ccc(S(=O)(=O)N3CCCCC3)cc2)cc1OC. The number of hydrogen-bond donors (Lipinski definition) is 2. The normalized spacial score (nSPS) is 14.3. The first kappa shape index (κ1) is 25.9. The molecule has 2 aromatic rings. The van der Waals surface area contributed by atoms with Crippen LogP contribution in [0.25, 0.3) is 0 Å². The number of piperidine rings is 1. The highest BCUT2D eigenvalue weighted by Crippen LogP contribution is 2.29. The minimum atomic E-state index is -3.51. The van der Waals surface area contributed by atoms with Gasteiger partial charge >= 0.3 is 0 Å². The van der Waals surface area contributed by atoms with Crippen LogP contribution in [0.2, 0.25) is 0 Å². The number of ether oxygens (including phenoxy) is 2. The van der Waals surface area contributed by atoms with Gasteiger partial charge in [-0.05, 0) is 49.2 Å². The van der Waals surface area contributed by atoms with Gasteiger partial charge in [-0.2, -0.15) is 4.31 Å². The summed E-state index contributed by atoms with van der Waals surface area (Å²) in [5.74, 6) is 0.695. The van der Waals surface area contributed by atoms with Crippen LogP contribution in [-0.4, -0.2) is 63.4 Å². The fourth-order valence-electron chi connectivity index (χ4n) is 3.51. The maximum Gasteiger partial charge on any atom is 0.243 e. The summed E-state index contributed by atoms with van der Waals surface area (Å²) < 4.78 is 37.3. The van der Waals surface area contributed by atoms with Crippen LogP contribution >= 0.6 is 11.8 Å². The second-order valence-electron chi connectivity index (χ2n) is 7.65. The van der Waals surface area contributed by atoms with Crippen molar-refractivity contribution < 1.29 is 27.5 Å². The van der Waals surface area contributed by atoms with Gasteiger partial charge in [-0.3, -0.25) is 9.59 Å². The molecule has 2 N–H and O–H groups in total. The average molecular weight is 508 g/mol. The molecule has 0 spiro atoms. The van der Waals surface area contributed by atoms with Crippen LogP contribution in [0, 0.1) is 0 Å². The van der Waals surface area contributed by atoms with Gasteiger partial charge in [-0.25, -0.2) is 8.42 Å². The monoisotopic (exact) mass is 507 g/mol. The highest BCUT2D eigenvalue weighted by atomic mass is 32.2. The minimum Gasteiger partial charge on any atom is -0.493 e. The molecule has 0 radical (unpaired) electrons. The summed E-state index contributed by atoms with van der Waals surface area (Å²) in [6.45, 7) is 1.08. The standard InChI is InChI=1S/C23H29N3O6S2/c1-31-20-11-8-18(14-21(20)32-2)25-23(28)16-33-15-22(27)24-17-6-9-19(10-7-17)34(29,30)26-12-4-3-5-13-26/h6-11,14H,3-5,12-13,15-16H2,1-2H3,(H,24,27)(H,25,28). The van der Waals surface area contributed by atoms with E-state index in [9.17, 15) is 18.0 Å². The smallest absolute Gasteiger partial charge is 0.243 e. The van der Waals surface area contributed by atoms with Crippen LogP contribution in [-0.2, 0) is 19.6 Å². The van der Waals surface area contributed by atoms with Gasteiger partial charge in [0.1, 0.15) is 0 Å². The molecule has 1 aliphatic heterocycles. The predicted octanol–water partition coefficient (Wildman–Crippen LogP) is 3.19. The van der Waals surface area contributed by atoms with E-state index in [1.165, 1.54) is 42.4 Å². The Morgan fingerprint density at radius 3 is 2.00 bits per heavy atom. The highest BCUT2D eigenvalue weighted by Gasteiger charge is 2.25. The Bertz CT molecular complexity index is 1100. The lowest BCUT2D eigenvalue weighted by molar-refractivity contribution is -0.114. The maximum atomic E-state index is 12.7. The van der Waals surface area contributed by atoms with Crippen molar-refractivity contribution in [3.8, 4) is 11.5 Å². The van der Waals surface area contributed by atoms with E-state index < -0.39 is 10.0 Å². The Hall–Kier alpha value is -2.76. The molecule has 1 aliphatic rings. The number of anilines is 2. The first-order chi connectivity index (χ1) is 16.3. The molecule has 2 aromatic carbocycles. The molecule has 0 saturated carbocycles. The molecule has 2 amide bonds. The molecule has 9 nitrogen and oxygen atoms in total. The molecule has 0 aliphatic carbocycles. The fourth-order valence-corrected chi connectivity index (χ4v) is 5.64. The number of nitrogens with zero attached hydrogens (tertiary/aromatic N) is 1. The van der Waals surface area contributed by atoms with Crippen molar-refractivity contribution in [2.45, 2.75) is 24.2 Å². The molecule has 1 heterocycles. The van der Waals surface area contributed by atoms with Crippen LogP contribution < -0.4 is 20.1 Å². The third-order valence-electron chi connectivity index (χ3n) is 5.22. The van der Waals surface area contributed by atoms with Crippen LogP contribution in [0.4, 0.5) is 11.4 Å². The molecule has 34 heavy (non-hydrogen) atoms. The van der Waals surface area contributed by atoms with Crippen molar-refractivity contribution in [2.75, 3.05) is 49.4 Å². The van der Waals surface area contributed by atoms with Gasteiger partial charge in [0.2, 0.25) is 21.8 Å². The van der Waals surface area contributed by atoms with Gasteiger partial charge in [0.15, 0.2) is 11.5 Å². The number of amides is 2. The largest absolute Gasteiger partial charge is 0.493 e. The first-order valence-electron chi connectivity index (χ1n) is 10.8. The Kier molecular flexibility index (Phi) is 9.20. The molecular weight excluding hydrogens is 478 g/mol. The first-order valence-corrected chi connectivity index (χ1v) is 13.4. The van der Waals surface area contributed by atoms with E-state index in [4.69, 9.17) is 9.47 Å². The fraction of sp³-hybridized carbons (Fsp3) is 0.391. The molecule has 11 heteroatoms. The molecule has 1 saturated heterocycles. The lowest BCUT2D eigenvalue weighted by atomic mass is 10.2. The van der Waals surface area contributed by atoms with Gasteiger partial charge in [0.05, 0.1) is 30.6 Å². The number of rotatable bonds is 10. The zero-order chi connectivity index (χ0) is 24.6. The number of thioether (sulfide) groups is 1. The third-order valence-corrected chi connectivity index (χ3v) is 8.07. The molecule has 3 rings (SSSR count). The second kappa shape index (κ2) is 12.1. The Morgan fingerprint density at radius 1 is 0.853 bits per heavy atom. The van der Waals surface area contributed by atoms with Gasteiger partial charge in [-0.1, -0.05) is 6.42 Å². The van der Waals surface area contributed by atoms with Crippen LogP contribution in [0.3, 0.4) is 0 Å². The number of hydrogen-bond acceptors (Lipinski definition) is 7. The van der Waals surface area contributed by atoms with E-state index in [1.54, 1.807) is 30.3 Å². The zero-order valence-corrected chi connectivity index (χ0v) is 20.8. The number of benzene rings is 2. The molecule has 184 valence electrons. The van der Waals surface area contributed by atoms with Crippen LogP contribution in [0.5, 0.6) is 11.5 Å². The van der Waals surface area contributed by atoms with E-state index in [2.05, 4.69) is 10.6 Å². The Labute approximate surface area is 204 Å². The summed E-state index contributed by atoms with van der Waals surface area (Å²) >= 11 is 1.17. The van der Waals surface area contributed by atoms with E-state index in [0.717, 1.165) is 19.3 Å². The summed E-state index contributed by atoms with van der Waals surface area (Å²) in [4.78, 5) is 24.6. The average Bonchev–Trinajstić information content (AvgIpc) is 2.84. The van der Waals surface area contributed by atoms with Crippen molar-refractivity contribution in [2.24, 2.45) is 0 Å². The summed E-state index contributed by atoms with van der Waals surface area (Å²) in [7, 11) is -0.464. The molecular formula is C23H29N3O6S2. The number of sulfonamides is 1. The molecule has 1 fully saturated rings. The van der Waals surface area contributed by atoms with E-state index >= 15 is 0 Å². The van der Waals surface area contributed by atoms with Gasteiger partial charge in [-0.15, -0.1) is 11.8 Å². The molecule has 0 atom stereocenters. The predicted molar refractivity (Wildman–Crippen MR) is 133 cm³/mol. The van der Waals surface area contributed by atoms with Gasteiger partial charge < -0.3 is 20.1 Å². The zero-order valence-electron chi connectivity index (χ0n) is 19.2. The van der Waals surface area contributed by atoms with E-state index in [-0.39, 0.29) is 28.2 Å². The summed E-state index contributed by atoms with van der Waals surface area (Å²) in [6.07, 6.45) is 2.79. The van der Waals surface area contributed by atoms with Crippen molar-refractivity contribution in [1.29, 1.82) is 0 Å². The van der Waals surface area contributed by atoms with Gasteiger partial charge in [0.25, 0.3) is 0 Å². The molecule has 0 aromatic heterocycles. The molecule has 0 bridgehead atoms. The summed E-state index contributed by atoms with van der Waals surface area (Å²) in [5.41, 5.74) is 1.06. The minimum absolute atomic E-state index is 0.0766. The summed E-state index contributed by atoms with van der Waals surface area (Å²) in [5, 5.41) is 5.47. The maximum absolute atomic E-state index is 12.7. The third kappa shape index (κ3) is 6.87. The van der Waals surface area contributed by atoms with Gasteiger partial charge in [0, 0.05) is 30.5 Å². The number of carbonyl (C=O) groups excluding carboxylic acids is 2. The lowest BCUT2D eigenvalue weighted by Gasteiger charge is -2.25. The number of methoxy groups -OCH3 is 2. The topological polar surface area (TPSA) is 114 Å². The number of carbonyl (C=O) groups is 2. The van der Waals surface area contributed by atoms with Crippen molar-refractivity contribution >= 4 is 45.0 Å². The Morgan fingerprint density at radius 2 is 1.41 bits per heavy atom. The Balaban J connectivity index is 1.44. The number of nitrogens with one attached hydrogen (secondary N) is 2. The van der Waals surface area contributed by atoms with Crippen molar-refractivity contribution in [3.63, 3.8) is 0 Å². The van der Waals surface area contributed by atoms with Crippen molar-refractivity contribution in [1.82, 2.24) is 4.31 Å². The quantitative estimate of drug-likeness (QED) is 0.508. The van der Waals surface area contributed by atoms with E-state index in [0.29, 0.717) is 36.0 Å². The second-order valence-corrected chi connectivity index (χ2v) is 10.6. The summed E-state index contributed by atoms with van der Waals surface area (Å²) in [6, 6.07) is 11.2. The molecule has 0 unspecified atom stereocenters. The van der Waals surface area contributed by atoms with Crippen molar-refractivity contribution in [3.05, 3.63) is 42.5 Å². The highest BCUT2D eigenvalue weighted by molar-refractivity contribution is 8.00. The lowest BCUT2D eigenvalue weighted by Crippen LogP contribution is -2.35.